The highest BCUT2D eigenvalue weighted by Gasteiger charge is 2.28. The number of amides is 2. The lowest BCUT2D eigenvalue weighted by atomic mass is 10.1. The van der Waals surface area contributed by atoms with Gasteiger partial charge in [0.25, 0.3) is 11.8 Å². The van der Waals surface area contributed by atoms with Crippen molar-refractivity contribution in [1.29, 1.82) is 0 Å². The minimum Gasteiger partial charge on any atom is -0.349 e. The Hall–Kier alpha value is -3.26. The normalized spacial score (nSPS) is 17.0. The van der Waals surface area contributed by atoms with Crippen LogP contribution in [0.15, 0.2) is 54.1 Å². The molecule has 2 aliphatic rings. The lowest BCUT2D eigenvalue weighted by Crippen LogP contribution is -2.49. The SMILES string of the molecule is C=CCNC(=O)c1cn(C2CCCC2)cc(C(=O)N2CCN(Cc3cccc(F)c3)CC2)c1=O. The molecule has 0 spiro atoms. The van der Waals surface area contributed by atoms with Crippen molar-refractivity contribution in [1.82, 2.24) is 19.7 Å². The molecule has 0 radical (unpaired) electrons. The van der Waals surface area contributed by atoms with Crippen LogP contribution >= 0.6 is 0 Å². The number of carbonyl (C=O) groups excluding carboxylic acids is 2. The van der Waals surface area contributed by atoms with Crippen LogP contribution < -0.4 is 10.7 Å². The van der Waals surface area contributed by atoms with Crippen molar-refractivity contribution in [2.75, 3.05) is 32.7 Å². The molecular weight excluding hydrogens is 435 g/mol. The maximum atomic E-state index is 13.5. The summed E-state index contributed by atoms with van der Waals surface area (Å²) in [4.78, 5) is 43.0. The number of pyridine rings is 1. The van der Waals surface area contributed by atoms with Crippen molar-refractivity contribution in [3.63, 3.8) is 0 Å². The van der Waals surface area contributed by atoms with Crippen LogP contribution in [-0.4, -0.2) is 58.9 Å². The van der Waals surface area contributed by atoms with Gasteiger partial charge in [0, 0.05) is 57.7 Å². The first-order chi connectivity index (χ1) is 16.5. The highest BCUT2D eigenvalue weighted by molar-refractivity contribution is 5.99. The van der Waals surface area contributed by atoms with Gasteiger partial charge in [0.15, 0.2) is 0 Å². The topological polar surface area (TPSA) is 74.7 Å². The van der Waals surface area contributed by atoms with Gasteiger partial charge in [0.05, 0.1) is 0 Å². The van der Waals surface area contributed by atoms with E-state index in [-0.39, 0.29) is 35.4 Å². The molecule has 1 aliphatic heterocycles. The van der Waals surface area contributed by atoms with Crippen LogP contribution in [0.1, 0.15) is 58.0 Å². The van der Waals surface area contributed by atoms with Crippen molar-refractivity contribution in [2.24, 2.45) is 0 Å². The van der Waals surface area contributed by atoms with Gasteiger partial charge < -0.3 is 14.8 Å². The molecule has 2 heterocycles. The van der Waals surface area contributed by atoms with Gasteiger partial charge in [-0.2, -0.15) is 0 Å². The average molecular weight is 467 g/mol. The van der Waals surface area contributed by atoms with Gasteiger partial charge >= 0.3 is 0 Å². The lowest BCUT2D eigenvalue weighted by Gasteiger charge is -2.34. The van der Waals surface area contributed by atoms with E-state index in [1.54, 1.807) is 29.4 Å². The van der Waals surface area contributed by atoms with E-state index in [9.17, 15) is 18.8 Å². The van der Waals surface area contributed by atoms with Crippen LogP contribution in [0.3, 0.4) is 0 Å². The number of carbonyl (C=O) groups is 2. The molecule has 1 saturated carbocycles. The molecule has 4 rings (SSSR count). The number of nitrogens with one attached hydrogen (secondary N) is 1. The van der Waals surface area contributed by atoms with Crippen molar-refractivity contribution < 1.29 is 14.0 Å². The molecule has 2 aromatic rings. The monoisotopic (exact) mass is 466 g/mol. The molecule has 2 fully saturated rings. The Morgan fingerprint density at radius 1 is 1.09 bits per heavy atom. The quantitative estimate of drug-likeness (QED) is 0.637. The number of piperazine rings is 1. The summed E-state index contributed by atoms with van der Waals surface area (Å²) < 4.78 is 15.4. The van der Waals surface area contributed by atoms with Crippen molar-refractivity contribution in [3.05, 3.63) is 82.0 Å². The first-order valence-electron chi connectivity index (χ1n) is 11.9. The Labute approximate surface area is 198 Å². The highest BCUT2D eigenvalue weighted by atomic mass is 19.1. The van der Waals surface area contributed by atoms with E-state index < -0.39 is 11.3 Å². The third-order valence-corrected chi connectivity index (χ3v) is 6.63. The predicted octanol–water partition coefficient (Wildman–Crippen LogP) is 2.98. The first-order valence-corrected chi connectivity index (χ1v) is 11.9. The van der Waals surface area contributed by atoms with Crippen molar-refractivity contribution in [2.45, 2.75) is 38.3 Å². The molecule has 1 aromatic heterocycles. The summed E-state index contributed by atoms with van der Waals surface area (Å²) in [6.07, 6.45) is 8.86. The summed E-state index contributed by atoms with van der Waals surface area (Å²) in [5.74, 6) is -1.10. The molecule has 2 amide bonds. The van der Waals surface area contributed by atoms with Crippen LogP contribution in [0.25, 0.3) is 0 Å². The summed E-state index contributed by atoms with van der Waals surface area (Å²) in [7, 11) is 0. The van der Waals surface area contributed by atoms with E-state index in [1.165, 1.54) is 12.1 Å². The number of aromatic nitrogens is 1. The Kier molecular flexibility index (Phi) is 7.57. The highest BCUT2D eigenvalue weighted by Crippen LogP contribution is 2.29. The number of hydrogen-bond donors (Lipinski definition) is 1. The molecule has 8 heteroatoms. The second-order valence-electron chi connectivity index (χ2n) is 9.00. The Morgan fingerprint density at radius 3 is 2.47 bits per heavy atom. The molecule has 0 bridgehead atoms. The van der Waals surface area contributed by atoms with E-state index in [0.717, 1.165) is 31.2 Å². The largest absolute Gasteiger partial charge is 0.349 e. The number of hydrogen-bond acceptors (Lipinski definition) is 4. The predicted molar refractivity (Wildman–Crippen MR) is 128 cm³/mol. The van der Waals surface area contributed by atoms with E-state index >= 15 is 0 Å². The first kappa shape index (κ1) is 23.9. The molecule has 7 nitrogen and oxygen atoms in total. The lowest BCUT2D eigenvalue weighted by molar-refractivity contribution is 0.0626. The van der Waals surface area contributed by atoms with Crippen LogP contribution in [0.4, 0.5) is 4.39 Å². The van der Waals surface area contributed by atoms with E-state index in [0.29, 0.717) is 32.7 Å². The fourth-order valence-electron chi connectivity index (χ4n) is 4.76. The Morgan fingerprint density at radius 2 is 1.79 bits per heavy atom. The maximum absolute atomic E-state index is 13.5. The zero-order valence-electron chi connectivity index (χ0n) is 19.3. The summed E-state index contributed by atoms with van der Waals surface area (Å²) in [6, 6.07) is 6.70. The minimum absolute atomic E-state index is 0.00987. The second kappa shape index (κ2) is 10.8. The van der Waals surface area contributed by atoms with Gasteiger partial charge in [-0.3, -0.25) is 19.3 Å². The second-order valence-corrected chi connectivity index (χ2v) is 9.00. The van der Waals surface area contributed by atoms with E-state index in [2.05, 4.69) is 16.8 Å². The van der Waals surface area contributed by atoms with Gasteiger partial charge in [-0.25, -0.2) is 4.39 Å². The fraction of sp³-hybridized carbons (Fsp3) is 0.423. The van der Waals surface area contributed by atoms with Crippen LogP contribution in [0.2, 0.25) is 0 Å². The van der Waals surface area contributed by atoms with Crippen LogP contribution in [-0.2, 0) is 6.54 Å². The van der Waals surface area contributed by atoms with Crippen LogP contribution in [0.5, 0.6) is 0 Å². The van der Waals surface area contributed by atoms with E-state index in [1.807, 2.05) is 10.6 Å². The van der Waals surface area contributed by atoms with Gasteiger partial charge in [-0.15, -0.1) is 6.58 Å². The van der Waals surface area contributed by atoms with Gasteiger partial charge in [-0.05, 0) is 30.5 Å². The number of benzene rings is 1. The zero-order chi connectivity index (χ0) is 24.1. The van der Waals surface area contributed by atoms with Crippen LogP contribution in [0, 0.1) is 5.82 Å². The summed E-state index contributed by atoms with van der Waals surface area (Å²) in [5, 5.41) is 2.66. The molecule has 180 valence electrons. The van der Waals surface area contributed by atoms with Crippen molar-refractivity contribution >= 4 is 11.8 Å². The average Bonchev–Trinajstić information content (AvgIpc) is 3.38. The van der Waals surface area contributed by atoms with Gasteiger partial charge in [0.2, 0.25) is 5.43 Å². The molecule has 1 N–H and O–H groups in total. The summed E-state index contributed by atoms with van der Waals surface area (Å²) in [5.41, 5.74) is 0.376. The number of nitrogens with zero attached hydrogens (tertiary/aromatic N) is 3. The molecular formula is C26H31FN4O3. The van der Waals surface area contributed by atoms with Gasteiger partial charge in [0.1, 0.15) is 16.9 Å². The maximum Gasteiger partial charge on any atom is 0.259 e. The zero-order valence-corrected chi connectivity index (χ0v) is 19.3. The third kappa shape index (κ3) is 5.44. The van der Waals surface area contributed by atoms with Gasteiger partial charge in [-0.1, -0.05) is 31.1 Å². The van der Waals surface area contributed by atoms with E-state index in [4.69, 9.17) is 0 Å². The standard InChI is InChI=1S/C26H31FN4O3/c1-2-10-28-25(33)22-17-31(21-8-3-4-9-21)18-23(24(22)32)26(34)30-13-11-29(12-14-30)16-19-6-5-7-20(27)15-19/h2,5-7,15,17-18,21H,1,3-4,8-14,16H2,(H,28,33). The molecule has 1 aliphatic carbocycles. The molecule has 0 atom stereocenters. The Balaban J connectivity index is 1.51. The smallest absolute Gasteiger partial charge is 0.259 e. The molecule has 1 aromatic carbocycles. The minimum atomic E-state index is -0.539. The Bertz CT molecular complexity index is 1120. The molecule has 1 saturated heterocycles. The number of rotatable bonds is 7. The summed E-state index contributed by atoms with van der Waals surface area (Å²) >= 11 is 0. The molecule has 0 unspecified atom stereocenters. The molecule has 34 heavy (non-hydrogen) atoms. The summed E-state index contributed by atoms with van der Waals surface area (Å²) in [6.45, 7) is 6.61. The fourth-order valence-corrected chi connectivity index (χ4v) is 4.76. The number of halogens is 1. The third-order valence-electron chi connectivity index (χ3n) is 6.63. The van der Waals surface area contributed by atoms with Crippen molar-refractivity contribution in [3.8, 4) is 0 Å².